The van der Waals surface area contributed by atoms with Gasteiger partial charge in [0, 0.05) is 6.54 Å². The third kappa shape index (κ3) is 4.20. The van der Waals surface area contributed by atoms with Crippen LogP contribution >= 0.6 is 0 Å². The molecule has 1 aliphatic carbocycles. The lowest BCUT2D eigenvalue weighted by Gasteiger charge is -2.32. The van der Waals surface area contributed by atoms with E-state index in [-0.39, 0.29) is 19.1 Å². The van der Waals surface area contributed by atoms with Crippen LogP contribution in [0.3, 0.4) is 0 Å². The maximum absolute atomic E-state index is 11.6. The molecule has 2 rings (SSSR count). The molecular weight excluding hydrogens is 248 g/mol. The average molecular weight is 268 g/mol. The van der Waals surface area contributed by atoms with Gasteiger partial charge in [-0.15, -0.1) is 0 Å². The summed E-state index contributed by atoms with van der Waals surface area (Å²) in [6.45, 7) is 2.18. The summed E-state index contributed by atoms with van der Waals surface area (Å²) in [7, 11) is 0. The molecule has 0 aromatic carbocycles. The van der Waals surface area contributed by atoms with Gasteiger partial charge in [-0.05, 0) is 19.8 Å². The first-order valence-electron chi connectivity index (χ1n) is 6.61. The molecular formula is C12H20N4O3. The molecule has 7 nitrogen and oxygen atoms in total. The SMILES string of the molecule is Cc1noc(CNC(=O)NCC2(O)CCCCC2)n1. The van der Waals surface area contributed by atoms with Gasteiger partial charge >= 0.3 is 6.03 Å². The quantitative estimate of drug-likeness (QED) is 0.752. The van der Waals surface area contributed by atoms with E-state index in [9.17, 15) is 9.90 Å². The van der Waals surface area contributed by atoms with E-state index in [4.69, 9.17) is 4.52 Å². The molecule has 0 unspecified atom stereocenters. The van der Waals surface area contributed by atoms with E-state index in [0.29, 0.717) is 11.7 Å². The molecule has 2 amide bonds. The van der Waals surface area contributed by atoms with Crippen molar-refractivity contribution in [2.75, 3.05) is 6.54 Å². The number of hydrogen-bond acceptors (Lipinski definition) is 5. The second kappa shape index (κ2) is 6.01. The van der Waals surface area contributed by atoms with Crippen molar-refractivity contribution in [2.24, 2.45) is 0 Å². The number of hydrogen-bond donors (Lipinski definition) is 3. The Balaban J connectivity index is 1.69. The minimum Gasteiger partial charge on any atom is -0.388 e. The summed E-state index contributed by atoms with van der Waals surface area (Å²) in [6, 6.07) is -0.338. The van der Waals surface area contributed by atoms with Crippen LogP contribution in [0, 0.1) is 6.92 Å². The molecule has 0 bridgehead atoms. The maximum Gasteiger partial charge on any atom is 0.315 e. The Kier molecular flexibility index (Phi) is 4.36. The smallest absolute Gasteiger partial charge is 0.315 e. The Hall–Kier alpha value is -1.63. The highest BCUT2D eigenvalue weighted by molar-refractivity contribution is 5.73. The zero-order valence-corrected chi connectivity index (χ0v) is 11.1. The Bertz CT molecular complexity index is 426. The van der Waals surface area contributed by atoms with Crippen molar-refractivity contribution in [1.29, 1.82) is 0 Å². The largest absolute Gasteiger partial charge is 0.388 e. The summed E-state index contributed by atoms with van der Waals surface area (Å²) < 4.78 is 4.88. The first-order chi connectivity index (χ1) is 9.07. The molecule has 1 heterocycles. The van der Waals surface area contributed by atoms with Crippen molar-refractivity contribution in [1.82, 2.24) is 20.8 Å². The highest BCUT2D eigenvalue weighted by Gasteiger charge is 2.29. The first-order valence-corrected chi connectivity index (χ1v) is 6.61. The number of aromatic nitrogens is 2. The highest BCUT2D eigenvalue weighted by Crippen LogP contribution is 2.27. The second-order valence-electron chi connectivity index (χ2n) is 5.06. The van der Waals surface area contributed by atoms with Gasteiger partial charge in [0.25, 0.3) is 0 Å². The van der Waals surface area contributed by atoms with Crippen molar-refractivity contribution in [3.8, 4) is 0 Å². The standard InChI is InChI=1S/C12H20N4O3/c1-9-15-10(19-16-9)7-13-11(17)14-8-12(18)5-3-2-4-6-12/h18H,2-8H2,1H3,(H2,13,14,17). The number of nitrogens with one attached hydrogen (secondary N) is 2. The van der Waals surface area contributed by atoms with E-state index in [1.165, 1.54) is 0 Å². The third-order valence-electron chi connectivity index (χ3n) is 3.33. The summed E-state index contributed by atoms with van der Waals surface area (Å²) in [6.07, 6.45) is 4.68. The van der Waals surface area contributed by atoms with E-state index >= 15 is 0 Å². The number of urea groups is 1. The monoisotopic (exact) mass is 268 g/mol. The van der Waals surface area contributed by atoms with Crippen LogP contribution in [0.1, 0.15) is 43.8 Å². The van der Waals surface area contributed by atoms with E-state index in [1.807, 2.05) is 0 Å². The Morgan fingerprint density at radius 2 is 2.11 bits per heavy atom. The van der Waals surface area contributed by atoms with Crippen LogP contribution in [0.5, 0.6) is 0 Å². The molecule has 7 heteroatoms. The Morgan fingerprint density at radius 3 is 2.74 bits per heavy atom. The van der Waals surface area contributed by atoms with Gasteiger partial charge in [0.1, 0.15) is 0 Å². The summed E-state index contributed by atoms with van der Waals surface area (Å²) in [5.41, 5.74) is -0.753. The van der Waals surface area contributed by atoms with E-state index < -0.39 is 5.60 Å². The topological polar surface area (TPSA) is 100 Å². The van der Waals surface area contributed by atoms with Crippen LogP contribution in [-0.4, -0.2) is 33.4 Å². The number of carbonyl (C=O) groups is 1. The molecule has 3 N–H and O–H groups in total. The van der Waals surface area contributed by atoms with Crippen molar-refractivity contribution >= 4 is 6.03 Å². The predicted molar refractivity (Wildman–Crippen MR) is 67.3 cm³/mol. The van der Waals surface area contributed by atoms with Gasteiger partial charge in [0.15, 0.2) is 5.82 Å². The molecule has 1 aromatic rings. The lowest BCUT2D eigenvalue weighted by Crippen LogP contribution is -2.47. The van der Waals surface area contributed by atoms with Gasteiger partial charge in [0.2, 0.25) is 5.89 Å². The molecule has 0 aliphatic heterocycles. The summed E-state index contributed by atoms with van der Waals surface area (Å²) in [5.74, 6) is 0.901. The number of aryl methyl sites for hydroxylation is 1. The lowest BCUT2D eigenvalue weighted by atomic mass is 9.85. The lowest BCUT2D eigenvalue weighted by molar-refractivity contribution is 0.00718. The average Bonchev–Trinajstić information content (AvgIpc) is 2.81. The summed E-state index contributed by atoms with van der Waals surface area (Å²) in [4.78, 5) is 15.6. The fourth-order valence-electron chi connectivity index (χ4n) is 2.26. The molecule has 0 spiro atoms. The first kappa shape index (κ1) is 13.8. The Labute approximate surface area is 111 Å². The van der Waals surface area contributed by atoms with Gasteiger partial charge in [-0.1, -0.05) is 24.4 Å². The molecule has 1 aliphatic rings. The molecule has 1 fully saturated rings. The molecule has 106 valence electrons. The van der Waals surface area contributed by atoms with Gasteiger partial charge in [-0.2, -0.15) is 4.98 Å². The van der Waals surface area contributed by atoms with Gasteiger partial charge in [-0.3, -0.25) is 0 Å². The number of aliphatic hydroxyl groups is 1. The fourth-order valence-corrected chi connectivity index (χ4v) is 2.26. The normalized spacial score (nSPS) is 18.0. The minimum absolute atomic E-state index is 0.186. The van der Waals surface area contributed by atoms with E-state index in [0.717, 1.165) is 32.1 Å². The van der Waals surface area contributed by atoms with E-state index in [1.54, 1.807) is 6.92 Å². The summed E-state index contributed by atoms with van der Waals surface area (Å²) in [5, 5.41) is 19.1. The van der Waals surface area contributed by atoms with E-state index in [2.05, 4.69) is 20.8 Å². The zero-order valence-electron chi connectivity index (χ0n) is 11.1. The molecule has 1 saturated carbocycles. The van der Waals surface area contributed by atoms with Crippen LogP contribution < -0.4 is 10.6 Å². The number of carbonyl (C=O) groups excluding carboxylic acids is 1. The minimum atomic E-state index is -0.753. The van der Waals surface area contributed by atoms with Crippen LogP contribution in [-0.2, 0) is 6.54 Å². The van der Waals surface area contributed by atoms with Gasteiger partial charge < -0.3 is 20.3 Å². The number of nitrogens with zero attached hydrogens (tertiary/aromatic N) is 2. The van der Waals surface area contributed by atoms with Crippen LogP contribution in [0.2, 0.25) is 0 Å². The van der Waals surface area contributed by atoms with Crippen molar-refractivity contribution < 1.29 is 14.4 Å². The zero-order chi connectivity index (χ0) is 13.7. The van der Waals surface area contributed by atoms with Crippen molar-refractivity contribution in [3.05, 3.63) is 11.7 Å². The molecule has 0 saturated heterocycles. The predicted octanol–water partition coefficient (Wildman–Crippen LogP) is 0.872. The van der Waals surface area contributed by atoms with Crippen molar-refractivity contribution in [2.45, 2.75) is 51.2 Å². The second-order valence-corrected chi connectivity index (χ2v) is 5.06. The van der Waals surface area contributed by atoms with Crippen LogP contribution in [0.15, 0.2) is 4.52 Å². The van der Waals surface area contributed by atoms with Crippen LogP contribution in [0.25, 0.3) is 0 Å². The molecule has 0 atom stereocenters. The number of amides is 2. The van der Waals surface area contributed by atoms with Crippen molar-refractivity contribution in [3.63, 3.8) is 0 Å². The fraction of sp³-hybridized carbons (Fsp3) is 0.750. The maximum atomic E-state index is 11.6. The van der Waals surface area contributed by atoms with Gasteiger partial charge in [-0.25, -0.2) is 4.79 Å². The van der Waals surface area contributed by atoms with Crippen LogP contribution in [0.4, 0.5) is 4.79 Å². The van der Waals surface area contributed by atoms with Gasteiger partial charge in [0.05, 0.1) is 12.1 Å². The molecule has 0 radical (unpaired) electrons. The molecule has 1 aromatic heterocycles. The molecule has 19 heavy (non-hydrogen) atoms. The summed E-state index contributed by atoms with van der Waals surface area (Å²) >= 11 is 0. The Morgan fingerprint density at radius 1 is 1.37 bits per heavy atom. The number of rotatable bonds is 4. The highest BCUT2D eigenvalue weighted by atomic mass is 16.5. The third-order valence-corrected chi connectivity index (χ3v) is 3.33.